The number of nitrogens with zero attached hydrogens (tertiary/aromatic N) is 3. The fraction of sp³-hybridized carbons (Fsp3) is 0.818. The first-order chi connectivity index (χ1) is 13.4. The standard InChI is InChI=1S/C11H26N3O13P3.Gd/c15-10(16)5-13(8-29(22,23)24)3-1-12(7-28(19,20)21)2-4-14(6-11(17)18)9-30(25,26)27;/h1-9H2,(H,15,16)(H,17,18)(H2,19,20,21)(H2,22,23,24)(H2,25,26,27);/q;+3/p-3. The van der Waals surface area contributed by atoms with E-state index in [4.69, 9.17) is 24.9 Å². The van der Waals surface area contributed by atoms with Gasteiger partial charge in [0.05, 0.1) is 31.9 Å². The van der Waals surface area contributed by atoms with Crippen LogP contribution in [0, 0.1) is 39.9 Å². The summed E-state index contributed by atoms with van der Waals surface area (Å²) in [7, 11) is -14.7. The van der Waals surface area contributed by atoms with Gasteiger partial charge in [0.15, 0.2) is 0 Å². The zero-order valence-electron chi connectivity index (χ0n) is 15.9. The summed E-state index contributed by atoms with van der Waals surface area (Å²) in [5.74, 6) is -2.87. The zero-order valence-corrected chi connectivity index (χ0v) is 20.9. The Bertz CT molecular complexity index is 675. The first-order valence-electron chi connectivity index (χ1n) is 8.05. The molecular formula is C11H23GdN3O13P3. The molecule has 0 saturated carbocycles. The van der Waals surface area contributed by atoms with Gasteiger partial charge in [0.1, 0.15) is 22.8 Å². The van der Waals surface area contributed by atoms with Gasteiger partial charge in [-0.05, 0) is 0 Å². The van der Waals surface area contributed by atoms with Crippen LogP contribution >= 0.6 is 22.8 Å². The van der Waals surface area contributed by atoms with E-state index in [9.17, 15) is 38.0 Å². The summed E-state index contributed by atoms with van der Waals surface area (Å²) in [5.41, 5.74) is 0. The van der Waals surface area contributed by atoms with Gasteiger partial charge in [0.25, 0.3) is 0 Å². The number of rotatable bonds is 16. The van der Waals surface area contributed by atoms with Crippen LogP contribution in [0.2, 0.25) is 0 Å². The molecule has 1 radical (unpaired) electrons. The van der Waals surface area contributed by atoms with Crippen LogP contribution in [0.1, 0.15) is 0 Å². The van der Waals surface area contributed by atoms with Crippen LogP contribution < -0.4 is 14.7 Å². The summed E-state index contributed by atoms with van der Waals surface area (Å²) in [4.78, 5) is 84.2. The average Bonchev–Trinajstić information content (AvgIpc) is 2.43. The maximum absolute atomic E-state index is 11.2. The molecule has 0 aliphatic carbocycles. The van der Waals surface area contributed by atoms with E-state index in [0.29, 0.717) is 0 Å². The van der Waals surface area contributed by atoms with E-state index in [0.717, 1.165) is 14.7 Å². The van der Waals surface area contributed by atoms with Crippen molar-refractivity contribution in [1.29, 1.82) is 0 Å². The van der Waals surface area contributed by atoms with Crippen LogP contribution in [0.15, 0.2) is 0 Å². The smallest absolute Gasteiger partial charge is 0.778 e. The topological polar surface area (TPSA) is 265 Å². The Balaban J connectivity index is 0. The second-order valence-corrected chi connectivity index (χ2v) is 11.0. The van der Waals surface area contributed by atoms with Crippen molar-refractivity contribution in [3.8, 4) is 0 Å². The summed E-state index contributed by atoms with van der Waals surface area (Å²) < 4.78 is 33.2. The van der Waals surface area contributed by atoms with E-state index < -0.39 is 79.8 Å². The second-order valence-electron chi connectivity index (χ2n) is 6.35. The molecule has 0 aliphatic heterocycles. The van der Waals surface area contributed by atoms with Crippen molar-refractivity contribution in [3.05, 3.63) is 0 Å². The molecular weight excluding hydrogens is 632 g/mol. The van der Waals surface area contributed by atoms with Crippen molar-refractivity contribution >= 4 is 34.7 Å². The zero-order chi connectivity index (χ0) is 23.8. The molecule has 16 nitrogen and oxygen atoms in total. The van der Waals surface area contributed by atoms with Crippen molar-refractivity contribution < 1.29 is 103 Å². The molecule has 0 bridgehead atoms. The Morgan fingerprint density at radius 1 is 0.613 bits per heavy atom. The van der Waals surface area contributed by atoms with Gasteiger partial charge in [0, 0.05) is 26.2 Å². The number of carboxylic acids is 2. The Labute approximate surface area is 209 Å². The Morgan fingerprint density at radius 3 is 1.06 bits per heavy atom. The molecule has 0 heterocycles. The number of carboxylic acid groups (broad SMARTS) is 2. The van der Waals surface area contributed by atoms with Crippen LogP contribution in [0.25, 0.3) is 0 Å². The van der Waals surface area contributed by atoms with E-state index in [1.54, 1.807) is 0 Å². The van der Waals surface area contributed by atoms with Gasteiger partial charge >= 0.3 is 51.9 Å². The summed E-state index contributed by atoms with van der Waals surface area (Å²) in [6.07, 6.45) is -3.08. The summed E-state index contributed by atoms with van der Waals surface area (Å²) in [6.45, 7) is -3.12. The minimum absolute atomic E-state index is 0. The van der Waals surface area contributed by atoms with Crippen LogP contribution in [0.5, 0.6) is 0 Å². The van der Waals surface area contributed by atoms with Gasteiger partial charge in [-0.2, -0.15) is 0 Å². The molecule has 3 unspecified atom stereocenters. The fourth-order valence-electron chi connectivity index (χ4n) is 2.36. The van der Waals surface area contributed by atoms with Crippen molar-refractivity contribution in [1.82, 2.24) is 14.7 Å². The van der Waals surface area contributed by atoms with Gasteiger partial charge in [-0.1, -0.05) is 0 Å². The van der Waals surface area contributed by atoms with Gasteiger partial charge in [0.2, 0.25) is 0 Å². The predicted octanol–water partition coefficient (Wildman–Crippen LogP) is -4.43. The average molecular weight is 655 g/mol. The van der Waals surface area contributed by atoms with Crippen LogP contribution in [-0.4, -0.2) is 110 Å². The van der Waals surface area contributed by atoms with Crippen molar-refractivity contribution in [2.45, 2.75) is 0 Å². The molecule has 0 aromatic carbocycles. The van der Waals surface area contributed by atoms with E-state index in [2.05, 4.69) is 0 Å². The molecule has 31 heavy (non-hydrogen) atoms. The minimum atomic E-state index is -4.90. The molecule has 0 spiro atoms. The van der Waals surface area contributed by atoms with Gasteiger partial charge < -0.3 is 53.3 Å². The predicted molar refractivity (Wildman–Crippen MR) is 94.1 cm³/mol. The van der Waals surface area contributed by atoms with Gasteiger partial charge in [-0.15, -0.1) is 0 Å². The van der Waals surface area contributed by atoms with E-state index in [1.807, 2.05) is 0 Å². The van der Waals surface area contributed by atoms with Crippen LogP contribution in [0.4, 0.5) is 0 Å². The Hall–Kier alpha value is 0.595. The molecule has 0 aliphatic rings. The van der Waals surface area contributed by atoms with Crippen LogP contribution in [-0.2, 0) is 23.3 Å². The van der Waals surface area contributed by atoms with Gasteiger partial charge in [-0.25, -0.2) is 0 Å². The quantitative estimate of drug-likeness (QED) is 0.0982. The second kappa shape index (κ2) is 14.8. The van der Waals surface area contributed by atoms with Crippen LogP contribution in [0.3, 0.4) is 0 Å². The van der Waals surface area contributed by atoms with E-state index in [-0.39, 0.29) is 53.0 Å². The molecule has 3 atom stereocenters. The number of carbonyl (C=O) groups is 2. The first-order valence-corrected chi connectivity index (χ1v) is 13.3. The maximum Gasteiger partial charge on any atom is 3.00 e. The molecule has 0 rings (SSSR count). The summed E-state index contributed by atoms with van der Waals surface area (Å²) >= 11 is 0. The molecule has 0 aromatic rings. The van der Waals surface area contributed by atoms with Crippen molar-refractivity contribution in [2.24, 2.45) is 0 Å². The Morgan fingerprint density at radius 2 is 0.839 bits per heavy atom. The normalized spacial score (nSPS) is 17.6. The van der Waals surface area contributed by atoms with E-state index >= 15 is 0 Å². The Kier molecular flexibility index (Phi) is 16.1. The molecule has 0 saturated heterocycles. The SMILES string of the molecule is O=C(O)CN(CCN(CCN(CC(=O)O)CP(=O)([O-])O)CP(=O)([O-])O)CP(=O)([O-])O.[Gd+3]. The molecule has 20 heteroatoms. The molecule has 5 N–H and O–H groups in total. The monoisotopic (exact) mass is 656 g/mol. The van der Waals surface area contributed by atoms with Crippen molar-refractivity contribution in [3.63, 3.8) is 0 Å². The molecule has 183 valence electrons. The summed E-state index contributed by atoms with van der Waals surface area (Å²) in [6, 6.07) is 0. The fourth-order valence-corrected chi connectivity index (χ4v) is 4.64. The third-order valence-electron chi connectivity index (χ3n) is 3.32. The number of hydrogen-bond acceptors (Lipinski definition) is 11. The first kappa shape index (κ1) is 33.8. The van der Waals surface area contributed by atoms with Crippen molar-refractivity contribution in [2.75, 3.05) is 58.1 Å². The maximum atomic E-state index is 11.2. The van der Waals surface area contributed by atoms with E-state index in [1.165, 1.54) is 0 Å². The number of aliphatic carboxylic acids is 2. The third-order valence-corrected chi connectivity index (χ3v) is 5.59. The van der Waals surface area contributed by atoms with Gasteiger partial charge in [-0.3, -0.25) is 24.3 Å². The minimum Gasteiger partial charge on any atom is -0.778 e. The molecule has 0 aromatic heterocycles. The molecule has 0 fully saturated rings. The number of hydrogen-bond donors (Lipinski definition) is 5. The third kappa shape index (κ3) is 22.2. The largest absolute Gasteiger partial charge is 3.00 e. The summed E-state index contributed by atoms with van der Waals surface area (Å²) in [5, 5.41) is 17.6. The molecule has 0 amide bonds.